The van der Waals surface area contributed by atoms with E-state index in [0.29, 0.717) is 11.9 Å². The first-order valence-corrected chi connectivity index (χ1v) is 7.62. The molecule has 1 saturated heterocycles. The van der Waals surface area contributed by atoms with Crippen LogP contribution in [0.2, 0.25) is 0 Å². The van der Waals surface area contributed by atoms with Crippen molar-refractivity contribution in [2.24, 2.45) is 7.05 Å². The van der Waals surface area contributed by atoms with E-state index in [1.807, 2.05) is 0 Å². The number of nitrogens with zero attached hydrogens (tertiary/aromatic N) is 2. The van der Waals surface area contributed by atoms with E-state index in [0.717, 1.165) is 19.4 Å². The molecule has 1 fully saturated rings. The van der Waals surface area contributed by atoms with Crippen molar-refractivity contribution in [1.82, 2.24) is 19.6 Å². The highest BCUT2D eigenvalue weighted by Crippen LogP contribution is 2.13. The van der Waals surface area contributed by atoms with Crippen LogP contribution < -0.4 is 10.0 Å². The molecule has 0 aromatic carbocycles. The molecule has 110 valence electrons. The summed E-state index contributed by atoms with van der Waals surface area (Å²) < 4.78 is 28.8. The van der Waals surface area contributed by atoms with E-state index in [2.05, 4.69) is 21.9 Å². The Morgan fingerprint density at radius 2 is 2.21 bits per heavy atom. The molecule has 0 radical (unpaired) electrons. The van der Waals surface area contributed by atoms with Crippen LogP contribution in [0.1, 0.15) is 25.6 Å². The van der Waals surface area contributed by atoms with Crippen molar-refractivity contribution in [1.29, 1.82) is 0 Å². The minimum atomic E-state index is -3.49. The Labute approximate surface area is 120 Å². The molecular formula is C11H21ClN4O2S. The number of hydrogen-bond donors (Lipinski definition) is 2. The molecule has 1 aliphatic rings. The quantitative estimate of drug-likeness (QED) is 0.856. The number of halogens is 1. The summed E-state index contributed by atoms with van der Waals surface area (Å²) in [6.07, 6.45) is 3.17. The summed E-state index contributed by atoms with van der Waals surface area (Å²) in [5.41, 5.74) is 0. The van der Waals surface area contributed by atoms with Gasteiger partial charge in [-0.2, -0.15) is 0 Å². The van der Waals surface area contributed by atoms with E-state index in [1.54, 1.807) is 24.7 Å². The standard InChI is InChI=1S/C11H20N4O2S.ClH/c1-8-6-10(4-5-12-8)14-18(16,17)11-7-15(3)9(2)13-11;/h7-8,10,12,14H,4-6H2,1-3H3;1H. The number of rotatable bonds is 3. The second-order valence-corrected chi connectivity index (χ2v) is 6.60. The number of nitrogens with one attached hydrogen (secondary N) is 2. The lowest BCUT2D eigenvalue weighted by atomic mass is 10.0. The third kappa shape index (κ3) is 3.92. The number of hydrogen-bond acceptors (Lipinski definition) is 4. The smallest absolute Gasteiger partial charge is 0.259 e. The van der Waals surface area contributed by atoms with Gasteiger partial charge in [-0.05, 0) is 33.2 Å². The number of imidazole rings is 1. The van der Waals surface area contributed by atoms with Gasteiger partial charge in [0.2, 0.25) is 0 Å². The number of aryl methyl sites for hydroxylation is 2. The van der Waals surface area contributed by atoms with Gasteiger partial charge in [-0.3, -0.25) is 0 Å². The largest absolute Gasteiger partial charge is 0.337 e. The van der Waals surface area contributed by atoms with Crippen LogP contribution in [0.4, 0.5) is 0 Å². The van der Waals surface area contributed by atoms with Crippen molar-refractivity contribution in [3.8, 4) is 0 Å². The maximum atomic E-state index is 12.2. The van der Waals surface area contributed by atoms with E-state index in [4.69, 9.17) is 0 Å². The fourth-order valence-electron chi connectivity index (χ4n) is 2.17. The summed E-state index contributed by atoms with van der Waals surface area (Å²) in [6.45, 7) is 4.69. The lowest BCUT2D eigenvalue weighted by Gasteiger charge is -2.28. The molecule has 1 aliphatic heterocycles. The van der Waals surface area contributed by atoms with Crippen molar-refractivity contribution in [2.45, 2.75) is 43.8 Å². The Kier molecular flexibility index (Phi) is 5.37. The number of sulfonamides is 1. The maximum absolute atomic E-state index is 12.2. The van der Waals surface area contributed by atoms with Crippen LogP contribution in [0.25, 0.3) is 0 Å². The summed E-state index contributed by atoms with van der Waals surface area (Å²) in [6, 6.07) is 0.338. The predicted molar refractivity (Wildman–Crippen MR) is 76.0 cm³/mol. The van der Waals surface area contributed by atoms with Crippen LogP contribution in [0.3, 0.4) is 0 Å². The second-order valence-electron chi connectivity index (χ2n) is 4.94. The highest BCUT2D eigenvalue weighted by Gasteiger charge is 2.26. The van der Waals surface area contributed by atoms with Crippen LogP contribution in [0, 0.1) is 6.92 Å². The minimum Gasteiger partial charge on any atom is -0.337 e. The molecule has 2 rings (SSSR count). The van der Waals surface area contributed by atoms with Crippen molar-refractivity contribution in [3.63, 3.8) is 0 Å². The molecule has 2 unspecified atom stereocenters. The van der Waals surface area contributed by atoms with E-state index in [-0.39, 0.29) is 23.5 Å². The van der Waals surface area contributed by atoms with Crippen molar-refractivity contribution < 1.29 is 8.42 Å². The molecule has 0 amide bonds. The van der Waals surface area contributed by atoms with E-state index >= 15 is 0 Å². The normalized spacial score (nSPS) is 23.9. The van der Waals surface area contributed by atoms with Gasteiger partial charge < -0.3 is 9.88 Å². The molecule has 8 heteroatoms. The van der Waals surface area contributed by atoms with Crippen LogP contribution in [-0.2, 0) is 17.1 Å². The monoisotopic (exact) mass is 308 g/mol. The molecule has 0 aliphatic carbocycles. The van der Waals surface area contributed by atoms with E-state index in [1.165, 1.54) is 0 Å². The van der Waals surface area contributed by atoms with Gasteiger partial charge in [-0.15, -0.1) is 12.4 Å². The second kappa shape index (κ2) is 6.21. The van der Waals surface area contributed by atoms with Crippen molar-refractivity contribution in [2.75, 3.05) is 6.54 Å². The highest BCUT2D eigenvalue weighted by atomic mass is 35.5. The van der Waals surface area contributed by atoms with Crippen LogP contribution in [-0.4, -0.2) is 36.6 Å². The lowest BCUT2D eigenvalue weighted by Crippen LogP contribution is -2.46. The number of aromatic nitrogens is 2. The zero-order valence-corrected chi connectivity index (χ0v) is 13.0. The third-order valence-electron chi connectivity index (χ3n) is 3.31. The summed E-state index contributed by atoms with van der Waals surface area (Å²) in [7, 11) is -1.71. The molecule has 19 heavy (non-hydrogen) atoms. The van der Waals surface area contributed by atoms with Gasteiger partial charge in [0.1, 0.15) is 5.82 Å². The maximum Gasteiger partial charge on any atom is 0.259 e. The molecule has 6 nitrogen and oxygen atoms in total. The summed E-state index contributed by atoms with van der Waals surface area (Å²) in [4.78, 5) is 4.06. The van der Waals surface area contributed by atoms with E-state index in [9.17, 15) is 8.42 Å². The van der Waals surface area contributed by atoms with Crippen LogP contribution in [0.5, 0.6) is 0 Å². The van der Waals surface area contributed by atoms with Gasteiger partial charge in [-0.1, -0.05) is 0 Å². The third-order valence-corrected chi connectivity index (χ3v) is 4.70. The highest BCUT2D eigenvalue weighted by molar-refractivity contribution is 7.89. The Bertz CT molecular complexity index is 509. The van der Waals surface area contributed by atoms with Crippen molar-refractivity contribution >= 4 is 22.4 Å². The summed E-state index contributed by atoms with van der Waals surface area (Å²) >= 11 is 0. The molecule has 2 N–H and O–H groups in total. The first kappa shape index (κ1) is 16.4. The lowest BCUT2D eigenvalue weighted by molar-refractivity contribution is 0.361. The van der Waals surface area contributed by atoms with Gasteiger partial charge in [0.05, 0.1) is 0 Å². The Morgan fingerprint density at radius 3 is 2.74 bits per heavy atom. The topological polar surface area (TPSA) is 76.0 Å². The predicted octanol–water partition coefficient (Wildman–Crippen LogP) is 0.569. The fourth-order valence-corrected chi connectivity index (χ4v) is 3.50. The molecule has 0 spiro atoms. The molecule has 0 bridgehead atoms. The van der Waals surface area contributed by atoms with Gasteiger partial charge in [0.15, 0.2) is 5.03 Å². The summed E-state index contributed by atoms with van der Waals surface area (Å²) in [5.74, 6) is 0.689. The fraction of sp³-hybridized carbons (Fsp3) is 0.727. The Balaban J connectivity index is 0.00000180. The minimum absolute atomic E-state index is 0. The number of piperidine rings is 1. The average Bonchev–Trinajstić information content (AvgIpc) is 2.59. The zero-order chi connectivity index (χ0) is 13.3. The van der Waals surface area contributed by atoms with Gasteiger partial charge in [0, 0.05) is 25.3 Å². The SMILES string of the molecule is Cc1nc(S(=O)(=O)NC2CCNC(C)C2)cn1C.Cl. The van der Waals surface area contributed by atoms with Crippen LogP contribution >= 0.6 is 12.4 Å². The van der Waals surface area contributed by atoms with E-state index < -0.39 is 10.0 Å². The molecule has 1 aromatic heterocycles. The molecule has 2 atom stereocenters. The average molecular weight is 309 g/mol. The molecule has 0 saturated carbocycles. The van der Waals surface area contributed by atoms with Crippen molar-refractivity contribution in [3.05, 3.63) is 12.0 Å². The molecular weight excluding hydrogens is 288 g/mol. The Hall–Kier alpha value is -0.630. The Morgan fingerprint density at radius 1 is 1.53 bits per heavy atom. The zero-order valence-electron chi connectivity index (χ0n) is 11.4. The van der Waals surface area contributed by atoms with Crippen LogP contribution in [0.15, 0.2) is 11.2 Å². The van der Waals surface area contributed by atoms with Gasteiger partial charge in [-0.25, -0.2) is 18.1 Å². The molecule has 2 heterocycles. The summed E-state index contributed by atoms with van der Waals surface area (Å²) in [5, 5.41) is 3.40. The van der Waals surface area contributed by atoms with Gasteiger partial charge in [0.25, 0.3) is 10.0 Å². The first-order valence-electron chi connectivity index (χ1n) is 6.14. The first-order chi connectivity index (χ1) is 8.38. The molecule has 1 aromatic rings. The van der Waals surface area contributed by atoms with Gasteiger partial charge >= 0.3 is 0 Å².